The number of phenols is 1. The van der Waals surface area contributed by atoms with E-state index in [-0.39, 0.29) is 18.6 Å². The van der Waals surface area contributed by atoms with Crippen molar-refractivity contribution >= 4 is 0 Å². The molecule has 2 heterocycles. The lowest BCUT2D eigenvalue weighted by Gasteiger charge is -2.31. The zero-order valence-electron chi connectivity index (χ0n) is 10.4. The van der Waals surface area contributed by atoms with Gasteiger partial charge in [0.05, 0.1) is 12.7 Å². The van der Waals surface area contributed by atoms with Crippen LogP contribution in [0.2, 0.25) is 0 Å². The smallest absolute Gasteiger partial charge is 0.231 e. The zero-order chi connectivity index (χ0) is 12.5. The third kappa shape index (κ3) is 2.23. The maximum atomic E-state index is 9.98. The Morgan fingerprint density at radius 3 is 2.89 bits per heavy atom. The van der Waals surface area contributed by atoms with Crippen LogP contribution in [0.15, 0.2) is 12.1 Å². The molecular weight excluding hydrogens is 234 g/mol. The first-order valence-corrected chi connectivity index (χ1v) is 6.18. The molecule has 2 aliphatic heterocycles. The second-order valence-corrected chi connectivity index (χ2v) is 4.75. The summed E-state index contributed by atoms with van der Waals surface area (Å²) < 4.78 is 16.1. The molecule has 1 aromatic rings. The van der Waals surface area contributed by atoms with E-state index in [2.05, 4.69) is 11.8 Å². The second-order valence-electron chi connectivity index (χ2n) is 4.75. The first kappa shape index (κ1) is 11.6. The number of benzene rings is 1. The fourth-order valence-corrected chi connectivity index (χ4v) is 2.38. The van der Waals surface area contributed by atoms with E-state index < -0.39 is 0 Å². The zero-order valence-corrected chi connectivity index (χ0v) is 10.4. The molecule has 98 valence electrons. The molecule has 1 fully saturated rings. The minimum atomic E-state index is 0.229. The highest BCUT2D eigenvalue weighted by Crippen LogP contribution is 2.38. The number of rotatable bonds is 2. The Bertz CT molecular complexity index is 449. The van der Waals surface area contributed by atoms with Crippen LogP contribution in [-0.2, 0) is 11.3 Å². The molecule has 18 heavy (non-hydrogen) atoms. The van der Waals surface area contributed by atoms with Crippen LogP contribution in [0.25, 0.3) is 0 Å². The van der Waals surface area contributed by atoms with Gasteiger partial charge in [-0.25, -0.2) is 0 Å². The van der Waals surface area contributed by atoms with E-state index in [9.17, 15) is 5.11 Å². The molecule has 1 aromatic carbocycles. The van der Waals surface area contributed by atoms with Crippen LogP contribution >= 0.6 is 0 Å². The quantitative estimate of drug-likeness (QED) is 0.859. The van der Waals surface area contributed by atoms with E-state index in [0.717, 1.165) is 25.3 Å². The first-order chi connectivity index (χ1) is 8.72. The molecule has 2 aliphatic rings. The SMILES string of the molecule is C[C@H]1CN(Cc2cc3c(cc2O)OCO3)CCO1. The Hall–Kier alpha value is -1.46. The summed E-state index contributed by atoms with van der Waals surface area (Å²) in [6.07, 6.45) is 0.245. The van der Waals surface area contributed by atoms with Gasteiger partial charge < -0.3 is 19.3 Å². The average molecular weight is 251 g/mol. The van der Waals surface area contributed by atoms with E-state index in [4.69, 9.17) is 14.2 Å². The van der Waals surface area contributed by atoms with E-state index in [1.165, 1.54) is 0 Å². The van der Waals surface area contributed by atoms with Crippen molar-refractivity contribution in [3.63, 3.8) is 0 Å². The Morgan fingerprint density at radius 1 is 1.33 bits per heavy atom. The van der Waals surface area contributed by atoms with Gasteiger partial charge in [-0.3, -0.25) is 4.90 Å². The minimum absolute atomic E-state index is 0.229. The predicted molar refractivity (Wildman–Crippen MR) is 64.9 cm³/mol. The van der Waals surface area contributed by atoms with Gasteiger partial charge in [-0.05, 0) is 13.0 Å². The lowest BCUT2D eigenvalue weighted by atomic mass is 10.1. The van der Waals surface area contributed by atoms with Gasteiger partial charge in [-0.2, -0.15) is 0 Å². The van der Waals surface area contributed by atoms with E-state index in [0.29, 0.717) is 18.0 Å². The maximum absolute atomic E-state index is 9.98. The molecule has 1 saturated heterocycles. The Balaban J connectivity index is 1.76. The van der Waals surface area contributed by atoms with E-state index in [1.54, 1.807) is 6.07 Å². The summed E-state index contributed by atoms with van der Waals surface area (Å²) >= 11 is 0. The fourth-order valence-electron chi connectivity index (χ4n) is 2.38. The van der Waals surface area contributed by atoms with Gasteiger partial charge in [0, 0.05) is 31.3 Å². The van der Waals surface area contributed by atoms with Crippen molar-refractivity contribution in [1.29, 1.82) is 0 Å². The number of fused-ring (bicyclic) bond motifs is 1. The number of ether oxygens (including phenoxy) is 3. The molecule has 0 bridgehead atoms. The van der Waals surface area contributed by atoms with Gasteiger partial charge in [0.25, 0.3) is 0 Å². The Morgan fingerprint density at radius 2 is 2.11 bits per heavy atom. The number of morpholine rings is 1. The monoisotopic (exact) mass is 251 g/mol. The standard InChI is InChI=1S/C13H17NO4/c1-9-6-14(2-3-16-9)7-10-4-12-13(5-11(10)15)18-8-17-12/h4-5,9,15H,2-3,6-8H2,1H3/t9-/m0/s1. The summed E-state index contributed by atoms with van der Waals surface area (Å²) in [6, 6.07) is 3.49. The average Bonchev–Trinajstić information content (AvgIpc) is 2.76. The summed E-state index contributed by atoms with van der Waals surface area (Å²) in [7, 11) is 0. The first-order valence-electron chi connectivity index (χ1n) is 6.18. The third-order valence-corrected chi connectivity index (χ3v) is 3.29. The molecular formula is C13H17NO4. The molecule has 0 radical (unpaired) electrons. The predicted octanol–water partition coefficient (Wildman–Crippen LogP) is 1.34. The molecule has 0 aliphatic carbocycles. The number of hydrogen-bond acceptors (Lipinski definition) is 5. The Kier molecular flexibility index (Phi) is 3.01. The van der Waals surface area contributed by atoms with Crippen LogP contribution in [0.4, 0.5) is 0 Å². The van der Waals surface area contributed by atoms with Crippen LogP contribution in [0.1, 0.15) is 12.5 Å². The lowest BCUT2D eigenvalue weighted by molar-refractivity contribution is -0.0214. The van der Waals surface area contributed by atoms with Gasteiger partial charge in [-0.15, -0.1) is 0 Å². The topological polar surface area (TPSA) is 51.2 Å². The summed E-state index contributed by atoms with van der Waals surface area (Å²) in [5.74, 6) is 1.59. The van der Waals surface area contributed by atoms with Crippen molar-refractivity contribution in [2.24, 2.45) is 0 Å². The van der Waals surface area contributed by atoms with Crippen LogP contribution in [0, 0.1) is 0 Å². The summed E-state index contributed by atoms with van der Waals surface area (Å²) in [5.41, 5.74) is 0.869. The molecule has 1 atom stereocenters. The number of nitrogens with zero attached hydrogens (tertiary/aromatic N) is 1. The van der Waals surface area contributed by atoms with Crippen molar-refractivity contribution in [1.82, 2.24) is 4.90 Å². The summed E-state index contributed by atoms with van der Waals surface area (Å²) in [5, 5.41) is 9.98. The maximum Gasteiger partial charge on any atom is 0.231 e. The largest absolute Gasteiger partial charge is 0.507 e. The molecule has 0 amide bonds. The van der Waals surface area contributed by atoms with E-state index >= 15 is 0 Å². The van der Waals surface area contributed by atoms with Gasteiger partial charge >= 0.3 is 0 Å². The molecule has 0 unspecified atom stereocenters. The van der Waals surface area contributed by atoms with Crippen LogP contribution in [0.3, 0.4) is 0 Å². The van der Waals surface area contributed by atoms with Gasteiger partial charge in [0.2, 0.25) is 6.79 Å². The normalized spacial score (nSPS) is 23.3. The Labute approximate surface area is 106 Å². The van der Waals surface area contributed by atoms with Crippen LogP contribution in [-0.4, -0.2) is 42.6 Å². The highest BCUT2D eigenvalue weighted by atomic mass is 16.7. The fraction of sp³-hybridized carbons (Fsp3) is 0.538. The highest BCUT2D eigenvalue weighted by Gasteiger charge is 2.21. The second kappa shape index (κ2) is 4.66. The van der Waals surface area contributed by atoms with Crippen molar-refractivity contribution in [2.75, 3.05) is 26.5 Å². The van der Waals surface area contributed by atoms with Gasteiger partial charge in [0.1, 0.15) is 5.75 Å². The van der Waals surface area contributed by atoms with Crippen molar-refractivity contribution in [3.8, 4) is 17.2 Å². The number of hydrogen-bond donors (Lipinski definition) is 1. The van der Waals surface area contributed by atoms with Gasteiger partial charge in [-0.1, -0.05) is 0 Å². The van der Waals surface area contributed by atoms with Crippen LogP contribution in [0.5, 0.6) is 17.2 Å². The number of aromatic hydroxyl groups is 1. The summed E-state index contributed by atoms with van der Waals surface area (Å²) in [4.78, 5) is 2.27. The molecule has 5 heteroatoms. The molecule has 0 aromatic heterocycles. The number of phenolic OH excluding ortho intramolecular Hbond substituents is 1. The van der Waals surface area contributed by atoms with Gasteiger partial charge in [0.15, 0.2) is 11.5 Å². The molecule has 0 saturated carbocycles. The minimum Gasteiger partial charge on any atom is -0.507 e. The molecule has 1 N–H and O–H groups in total. The summed E-state index contributed by atoms with van der Waals surface area (Å²) in [6.45, 7) is 5.51. The third-order valence-electron chi connectivity index (χ3n) is 3.29. The van der Waals surface area contributed by atoms with Crippen molar-refractivity contribution < 1.29 is 19.3 Å². The molecule has 3 rings (SSSR count). The van der Waals surface area contributed by atoms with Crippen LogP contribution < -0.4 is 9.47 Å². The molecule has 5 nitrogen and oxygen atoms in total. The highest BCUT2D eigenvalue weighted by molar-refractivity contribution is 5.51. The molecule has 0 spiro atoms. The lowest BCUT2D eigenvalue weighted by Crippen LogP contribution is -2.40. The van der Waals surface area contributed by atoms with Crippen molar-refractivity contribution in [3.05, 3.63) is 17.7 Å². The van der Waals surface area contributed by atoms with Crippen molar-refractivity contribution in [2.45, 2.75) is 19.6 Å². The van der Waals surface area contributed by atoms with E-state index in [1.807, 2.05) is 6.07 Å².